The van der Waals surface area contributed by atoms with Gasteiger partial charge in [0.15, 0.2) is 5.13 Å². The highest BCUT2D eigenvalue weighted by molar-refractivity contribution is 7.16. The van der Waals surface area contributed by atoms with Gasteiger partial charge in [0, 0.05) is 17.5 Å². The minimum Gasteiger partial charge on any atom is -0.297 e. The lowest BCUT2D eigenvalue weighted by Crippen LogP contribution is -2.11. The van der Waals surface area contributed by atoms with Gasteiger partial charge in [0.25, 0.3) is 5.91 Å². The van der Waals surface area contributed by atoms with Crippen LogP contribution in [0, 0.1) is 5.82 Å². The third-order valence-electron chi connectivity index (χ3n) is 3.96. The zero-order valence-electron chi connectivity index (χ0n) is 12.8. The Labute approximate surface area is 147 Å². The molecule has 0 saturated heterocycles. The van der Waals surface area contributed by atoms with Crippen LogP contribution in [0.3, 0.4) is 0 Å². The highest BCUT2D eigenvalue weighted by atomic mass is 32.1. The van der Waals surface area contributed by atoms with Gasteiger partial charge in [-0.1, -0.05) is 12.1 Å². The smallest absolute Gasteiger partial charge is 0.267 e. The van der Waals surface area contributed by atoms with Crippen molar-refractivity contribution in [2.45, 2.75) is 25.2 Å². The lowest BCUT2D eigenvalue weighted by molar-refractivity contribution is 0.102. The molecule has 2 heterocycles. The van der Waals surface area contributed by atoms with Crippen LogP contribution in [0.5, 0.6) is 0 Å². The topological polar surface area (TPSA) is 42.0 Å². The number of carbonyl (C=O) groups excluding carboxylic acids is 1. The van der Waals surface area contributed by atoms with E-state index in [1.54, 1.807) is 12.3 Å². The Hall–Kier alpha value is -2.05. The van der Waals surface area contributed by atoms with E-state index in [0.29, 0.717) is 17.5 Å². The summed E-state index contributed by atoms with van der Waals surface area (Å²) < 4.78 is 13.2. The molecule has 24 heavy (non-hydrogen) atoms. The summed E-state index contributed by atoms with van der Waals surface area (Å²) >= 11 is 2.91. The number of carbonyl (C=O) groups is 1. The summed E-state index contributed by atoms with van der Waals surface area (Å²) in [5.41, 5.74) is 2.06. The number of rotatable bonds is 5. The number of nitrogens with zero attached hydrogens (tertiary/aromatic N) is 1. The molecule has 0 radical (unpaired) electrons. The molecule has 0 aliphatic heterocycles. The van der Waals surface area contributed by atoms with E-state index in [-0.39, 0.29) is 11.7 Å². The number of nitrogens with one attached hydrogen (secondary N) is 1. The predicted molar refractivity (Wildman–Crippen MR) is 95.6 cm³/mol. The molecule has 0 unspecified atom stereocenters. The van der Waals surface area contributed by atoms with Crippen LogP contribution in [-0.4, -0.2) is 10.9 Å². The normalized spacial score (nSPS) is 13.9. The summed E-state index contributed by atoms with van der Waals surface area (Å²) in [6.07, 6.45) is 4.69. The molecule has 3 nitrogen and oxygen atoms in total. The number of benzene rings is 1. The fraction of sp³-hybridized carbons (Fsp3) is 0.222. The Bertz CT molecular complexity index is 883. The Kier molecular flexibility index (Phi) is 4.16. The van der Waals surface area contributed by atoms with E-state index >= 15 is 0 Å². The number of hydrogen-bond acceptors (Lipinski definition) is 4. The zero-order valence-corrected chi connectivity index (χ0v) is 14.4. The van der Waals surface area contributed by atoms with Gasteiger partial charge >= 0.3 is 0 Å². The summed E-state index contributed by atoms with van der Waals surface area (Å²) in [6, 6.07) is 8.58. The largest absolute Gasteiger partial charge is 0.297 e. The molecular formula is C18H15FN2OS2. The molecular weight excluding hydrogens is 343 g/mol. The fourth-order valence-corrected chi connectivity index (χ4v) is 4.39. The van der Waals surface area contributed by atoms with E-state index in [0.717, 1.165) is 20.9 Å². The average Bonchev–Trinajstić information content (AvgIpc) is 3.11. The van der Waals surface area contributed by atoms with Crippen molar-refractivity contribution in [1.82, 2.24) is 4.98 Å². The standard InChI is InChI=1S/C18H15FN2OS2/c19-13-3-1-2-11(8-13)9-14-10-20-18(24-14)21-17(22)16-15(6-7-23-16)12-4-5-12/h1-3,6-8,10,12H,4-5,9H2,(H,20,21,22). The van der Waals surface area contributed by atoms with Crippen LogP contribution in [0.1, 0.15) is 44.4 Å². The van der Waals surface area contributed by atoms with Crippen LogP contribution in [-0.2, 0) is 6.42 Å². The summed E-state index contributed by atoms with van der Waals surface area (Å²) in [6.45, 7) is 0. The van der Waals surface area contributed by atoms with Gasteiger partial charge in [-0.15, -0.1) is 22.7 Å². The molecule has 1 N–H and O–H groups in total. The summed E-state index contributed by atoms with van der Waals surface area (Å²) in [5, 5.41) is 5.45. The first kappa shape index (κ1) is 15.5. The number of anilines is 1. The van der Waals surface area contributed by atoms with Crippen molar-refractivity contribution < 1.29 is 9.18 Å². The third kappa shape index (κ3) is 3.39. The first-order valence-corrected chi connectivity index (χ1v) is 9.46. The number of aromatic nitrogens is 1. The zero-order chi connectivity index (χ0) is 16.5. The quantitative estimate of drug-likeness (QED) is 0.692. The SMILES string of the molecule is O=C(Nc1ncc(Cc2cccc(F)c2)s1)c1sccc1C1CC1. The number of thiazole rings is 1. The number of hydrogen-bond donors (Lipinski definition) is 1. The Morgan fingerprint density at radius 2 is 2.21 bits per heavy atom. The van der Waals surface area contributed by atoms with Crippen LogP contribution in [0.15, 0.2) is 41.9 Å². The van der Waals surface area contributed by atoms with Crippen molar-refractivity contribution in [3.05, 3.63) is 68.6 Å². The van der Waals surface area contributed by atoms with Crippen LogP contribution < -0.4 is 5.32 Å². The molecule has 1 aliphatic rings. The molecule has 1 aliphatic carbocycles. The maximum Gasteiger partial charge on any atom is 0.267 e. The van der Waals surface area contributed by atoms with Crippen molar-refractivity contribution in [1.29, 1.82) is 0 Å². The maximum atomic E-state index is 13.2. The van der Waals surface area contributed by atoms with Crippen molar-refractivity contribution in [2.24, 2.45) is 0 Å². The summed E-state index contributed by atoms with van der Waals surface area (Å²) in [7, 11) is 0. The molecule has 1 fully saturated rings. The first-order valence-electron chi connectivity index (χ1n) is 7.77. The molecule has 1 aromatic carbocycles. The molecule has 0 spiro atoms. The number of amides is 1. The molecule has 1 saturated carbocycles. The van der Waals surface area contributed by atoms with Crippen LogP contribution in [0.25, 0.3) is 0 Å². The van der Waals surface area contributed by atoms with E-state index in [4.69, 9.17) is 0 Å². The highest BCUT2D eigenvalue weighted by Gasteiger charge is 2.29. The molecule has 0 bridgehead atoms. The second-order valence-corrected chi connectivity index (χ2v) is 7.90. The first-order chi connectivity index (χ1) is 11.7. The molecule has 122 valence electrons. The molecule has 0 atom stereocenters. The van der Waals surface area contributed by atoms with E-state index in [1.807, 2.05) is 11.4 Å². The van der Waals surface area contributed by atoms with Gasteiger partial charge in [0.05, 0.1) is 4.88 Å². The predicted octanol–water partition coefficient (Wildman–Crippen LogP) is 5.06. The van der Waals surface area contributed by atoms with Gasteiger partial charge in [-0.05, 0) is 53.5 Å². The Morgan fingerprint density at radius 3 is 3.00 bits per heavy atom. The maximum absolute atomic E-state index is 13.2. The van der Waals surface area contributed by atoms with E-state index in [9.17, 15) is 9.18 Å². The van der Waals surface area contributed by atoms with Crippen molar-refractivity contribution in [3.8, 4) is 0 Å². The monoisotopic (exact) mass is 358 g/mol. The number of thiophene rings is 1. The Balaban J connectivity index is 1.45. The minimum atomic E-state index is -0.240. The Morgan fingerprint density at radius 1 is 1.33 bits per heavy atom. The molecule has 3 aromatic rings. The van der Waals surface area contributed by atoms with E-state index in [1.165, 1.54) is 47.6 Å². The van der Waals surface area contributed by atoms with Crippen LogP contribution in [0.2, 0.25) is 0 Å². The van der Waals surface area contributed by atoms with Crippen LogP contribution >= 0.6 is 22.7 Å². The van der Waals surface area contributed by atoms with Crippen molar-refractivity contribution in [2.75, 3.05) is 5.32 Å². The lowest BCUT2D eigenvalue weighted by Gasteiger charge is -2.02. The highest BCUT2D eigenvalue weighted by Crippen LogP contribution is 2.43. The average molecular weight is 358 g/mol. The van der Waals surface area contributed by atoms with Crippen molar-refractivity contribution >= 4 is 33.7 Å². The van der Waals surface area contributed by atoms with Gasteiger partial charge in [0.1, 0.15) is 5.82 Å². The van der Waals surface area contributed by atoms with E-state index < -0.39 is 0 Å². The number of halogens is 1. The summed E-state index contributed by atoms with van der Waals surface area (Å²) in [4.78, 5) is 18.5. The second kappa shape index (κ2) is 6.45. The molecule has 1 amide bonds. The lowest BCUT2D eigenvalue weighted by atomic mass is 10.1. The molecule has 4 rings (SSSR count). The third-order valence-corrected chi connectivity index (χ3v) is 5.80. The van der Waals surface area contributed by atoms with Gasteiger partial charge < -0.3 is 0 Å². The van der Waals surface area contributed by atoms with Gasteiger partial charge in [-0.25, -0.2) is 9.37 Å². The molecule has 6 heteroatoms. The second-order valence-electron chi connectivity index (χ2n) is 5.87. The van der Waals surface area contributed by atoms with Gasteiger partial charge in [-0.2, -0.15) is 0 Å². The molecule has 2 aromatic heterocycles. The van der Waals surface area contributed by atoms with Gasteiger partial charge in [0.2, 0.25) is 0 Å². The van der Waals surface area contributed by atoms with Gasteiger partial charge in [-0.3, -0.25) is 10.1 Å². The summed E-state index contributed by atoms with van der Waals surface area (Å²) in [5.74, 6) is 0.228. The van der Waals surface area contributed by atoms with E-state index in [2.05, 4.69) is 16.4 Å². The van der Waals surface area contributed by atoms with Crippen molar-refractivity contribution in [3.63, 3.8) is 0 Å². The fourth-order valence-electron chi connectivity index (χ4n) is 2.67. The van der Waals surface area contributed by atoms with Crippen LogP contribution in [0.4, 0.5) is 9.52 Å². The minimum absolute atomic E-state index is 0.0847.